The highest BCUT2D eigenvalue weighted by Gasteiger charge is 2.17. The van der Waals surface area contributed by atoms with Crippen LogP contribution in [0, 0.1) is 38.5 Å². The van der Waals surface area contributed by atoms with Gasteiger partial charge in [-0.3, -0.25) is 19.0 Å². The molecule has 0 spiro atoms. The highest BCUT2D eigenvalue weighted by atomic mass is 127. The van der Waals surface area contributed by atoms with Crippen LogP contribution in [-0.2, 0) is 19.6 Å². The fraction of sp³-hybridized carbons (Fsp3) is 0.0750. The Hall–Kier alpha value is -5.83. The van der Waals surface area contributed by atoms with E-state index in [9.17, 15) is 40.7 Å². The van der Waals surface area contributed by atoms with E-state index < -0.39 is 46.7 Å². The van der Waals surface area contributed by atoms with Gasteiger partial charge in [-0.15, -0.1) is 0 Å². The van der Waals surface area contributed by atoms with Crippen LogP contribution in [-0.4, -0.2) is 36.3 Å². The van der Waals surface area contributed by atoms with Gasteiger partial charge in [-0.1, -0.05) is 53.0 Å². The van der Waals surface area contributed by atoms with E-state index in [-0.39, 0.29) is 62.9 Å². The van der Waals surface area contributed by atoms with Crippen LogP contribution < -0.4 is 21.9 Å². The molecule has 7 aromatic rings. The molecule has 4 aromatic heterocycles. The number of hydrogen-bond donors (Lipinski definition) is 3. The summed E-state index contributed by atoms with van der Waals surface area (Å²) >= 11 is 19.5. The predicted octanol–water partition coefficient (Wildman–Crippen LogP) is 8.84. The summed E-state index contributed by atoms with van der Waals surface area (Å²) in [5.74, 6) is -6.66. The smallest absolute Gasteiger partial charge is 0.264 e. The summed E-state index contributed by atoms with van der Waals surface area (Å²) in [5.41, 5.74) is 7.49. The number of amides is 2. The summed E-state index contributed by atoms with van der Waals surface area (Å²) in [5, 5.41) is 5.43. The van der Waals surface area contributed by atoms with Crippen molar-refractivity contribution in [2.24, 2.45) is 0 Å². The van der Waals surface area contributed by atoms with Gasteiger partial charge in [-0.05, 0) is 93.9 Å². The Labute approximate surface area is 370 Å². The van der Waals surface area contributed by atoms with E-state index in [1.807, 2.05) is 22.6 Å². The number of nitrogens with one attached hydrogen (secondary N) is 2. The molecule has 0 aliphatic heterocycles. The number of carbonyl (C=O) groups is 2. The number of fused-ring (bicyclic) bond motifs is 1. The third kappa shape index (κ3) is 12.1. The average Bonchev–Trinajstić information content (AvgIpc) is 3.21. The van der Waals surface area contributed by atoms with Crippen molar-refractivity contribution in [3.8, 4) is 0 Å². The van der Waals surface area contributed by atoms with Gasteiger partial charge in [0.25, 0.3) is 17.4 Å². The van der Waals surface area contributed by atoms with E-state index in [2.05, 4.69) is 30.6 Å². The molecule has 21 heteroatoms. The van der Waals surface area contributed by atoms with Gasteiger partial charge >= 0.3 is 0 Å². The van der Waals surface area contributed by atoms with Crippen LogP contribution in [0.2, 0.25) is 15.5 Å². The van der Waals surface area contributed by atoms with Gasteiger partial charge in [0, 0.05) is 40.9 Å². The Morgan fingerprint density at radius 1 is 0.607 bits per heavy atom. The lowest BCUT2D eigenvalue weighted by Crippen LogP contribution is -2.24. The number of hydrogen-bond acceptors (Lipinski definition) is 8. The zero-order valence-corrected chi connectivity index (χ0v) is 35.1. The Morgan fingerprint density at radius 2 is 1.07 bits per heavy atom. The van der Waals surface area contributed by atoms with E-state index in [4.69, 9.17) is 40.5 Å². The third-order valence-corrected chi connectivity index (χ3v) is 9.91. The molecule has 0 bridgehead atoms. The standard InChI is InChI=1S/C14H8ClF2N3O.C13H8ClF2IN2O.C13H10ClF2N3O/c15-13-12-11(3-4-18-13)19-7-20(14(12)21)6-8-1-2-9(16)10(17)5-8;2*14-12-11(10(17)3-4-18-12)13(20)19-6-7-1-2-8(15)9(16)5-7/h1-5,7H,6H2;1-5H,6H2,(H,19,20);1-5H,6H2,(H2,17,18)(H,19,20). The Bertz CT molecular complexity index is 2670. The molecule has 4 heterocycles. The zero-order chi connectivity index (χ0) is 44.4. The van der Waals surface area contributed by atoms with Crippen molar-refractivity contribution < 1.29 is 35.9 Å². The van der Waals surface area contributed by atoms with Crippen LogP contribution in [0.3, 0.4) is 0 Å². The lowest BCUT2D eigenvalue weighted by molar-refractivity contribution is 0.0942. The molecule has 4 N–H and O–H groups in total. The van der Waals surface area contributed by atoms with E-state index in [0.717, 1.165) is 36.4 Å². The van der Waals surface area contributed by atoms with Crippen LogP contribution >= 0.6 is 57.4 Å². The maximum atomic E-state index is 13.2. The average molecular weight is 1010 g/mol. The summed E-state index contributed by atoms with van der Waals surface area (Å²) in [4.78, 5) is 51.8. The molecule has 7 rings (SSSR count). The van der Waals surface area contributed by atoms with Crippen LogP contribution in [0.15, 0.2) is 103 Å². The molecule has 0 fully saturated rings. The quantitative estimate of drug-likeness (QED) is 0.0775. The number of rotatable bonds is 8. The van der Waals surface area contributed by atoms with Gasteiger partial charge in [-0.25, -0.2) is 46.3 Å². The zero-order valence-electron chi connectivity index (χ0n) is 30.7. The van der Waals surface area contributed by atoms with Crippen molar-refractivity contribution in [1.82, 2.24) is 35.1 Å². The highest BCUT2D eigenvalue weighted by molar-refractivity contribution is 14.1. The molecule has 11 nitrogen and oxygen atoms in total. The van der Waals surface area contributed by atoms with Gasteiger partial charge in [0.15, 0.2) is 34.9 Å². The van der Waals surface area contributed by atoms with Gasteiger partial charge in [0.2, 0.25) is 0 Å². The van der Waals surface area contributed by atoms with E-state index in [1.165, 1.54) is 53.8 Å². The molecule has 0 aliphatic carbocycles. The summed E-state index contributed by atoms with van der Waals surface area (Å²) in [6.07, 6.45) is 5.67. The number of nitrogens with zero attached hydrogens (tertiary/aromatic N) is 5. The second-order valence-corrected chi connectivity index (χ2v) is 14.5. The number of nitrogens with two attached hydrogens (primary N) is 1. The molecule has 2 amide bonds. The van der Waals surface area contributed by atoms with Gasteiger partial charge in [-0.2, -0.15) is 0 Å². The van der Waals surface area contributed by atoms with E-state index in [0.29, 0.717) is 25.8 Å². The van der Waals surface area contributed by atoms with Crippen LogP contribution in [0.1, 0.15) is 37.4 Å². The van der Waals surface area contributed by atoms with Crippen LogP contribution in [0.25, 0.3) is 10.9 Å². The maximum absolute atomic E-state index is 13.2. The van der Waals surface area contributed by atoms with Crippen molar-refractivity contribution in [3.63, 3.8) is 0 Å². The largest absolute Gasteiger partial charge is 0.398 e. The first-order valence-corrected chi connectivity index (χ1v) is 19.3. The minimum Gasteiger partial charge on any atom is -0.398 e. The van der Waals surface area contributed by atoms with Gasteiger partial charge in [0.05, 0.1) is 29.5 Å². The lowest BCUT2D eigenvalue weighted by Gasteiger charge is -2.08. The number of pyridine rings is 3. The van der Waals surface area contributed by atoms with Crippen molar-refractivity contribution in [2.45, 2.75) is 19.6 Å². The third-order valence-electron chi connectivity index (χ3n) is 8.15. The minimum absolute atomic E-state index is 0.0146. The molecule has 314 valence electrons. The molecule has 0 atom stereocenters. The first-order chi connectivity index (χ1) is 29.0. The van der Waals surface area contributed by atoms with Crippen molar-refractivity contribution >= 4 is 85.8 Å². The first-order valence-electron chi connectivity index (χ1n) is 17.1. The number of benzene rings is 3. The van der Waals surface area contributed by atoms with Crippen LogP contribution in [0.5, 0.6) is 0 Å². The monoisotopic (exact) mass is 1010 g/mol. The van der Waals surface area contributed by atoms with Crippen molar-refractivity contribution in [1.29, 1.82) is 0 Å². The van der Waals surface area contributed by atoms with Gasteiger partial charge in [0.1, 0.15) is 20.8 Å². The second kappa shape index (κ2) is 21.1. The van der Waals surface area contributed by atoms with E-state index in [1.54, 1.807) is 12.1 Å². The second-order valence-electron chi connectivity index (χ2n) is 12.3. The SMILES string of the molecule is Nc1ccnc(Cl)c1C(=O)NCc1ccc(F)c(F)c1.O=C(NCc1ccc(F)c(F)c1)c1c(I)ccnc1Cl.O=c1c2c(Cl)nccc2ncn1Cc1ccc(F)c(F)c1. The molecule has 0 saturated heterocycles. The Balaban J connectivity index is 0.000000173. The molecule has 3 aromatic carbocycles. The molecular weight excluding hydrogens is 988 g/mol. The van der Waals surface area contributed by atoms with E-state index >= 15 is 0 Å². The molecule has 0 radical (unpaired) electrons. The number of nitrogen functional groups attached to an aromatic ring is 1. The summed E-state index contributed by atoms with van der Waals surface area (Å²) in [7, 11) is 0. The molecule has 0 unspecified atom stereocenters. The number of anilines is 1. The van der Waals surface area contributed by atoms with Crippen molar-refractivity contribution in [3.05, 3.63) is 190 Å². The van der Waals surface area contributed by atoms with Crippen LogP contribution in [0.4, 0.5) is 32.0 Å². The summed E-state index contributed by atoms with van der Waals surface area (Å²) in [6, 6.07) is 14.9. The van der Waals surface area contributed by atoms with Gasteiger partial charge < -0.3 is 16.4 Å². The Morgan fingerprint density at radius 3 is 1.59 bits per heavy atom. The molecule has 61 heavy (non-hydrogen) atoms. The topological polar surface area (TPSA) is 158 Å². The molecule has 0 aliphatic rings. The number of carbonyl (C=O) groups excluding carboxylic acids is 2. The Kier molecular flexibility index (Phi) is 16.0. The number of aromatic nitrogens is 5. The normalized spacial score (nSPS) is 10.6. The molecular formula is C40H26Cl3F6IN8O3. The molecule has 0 saturated carbocycles. The fourth-order valence-corrected chi connectivity index (χ4v) is 6.69. The summed E-state index contributed by atoms with van der Waals surface area (Å²) < 4.78 is 79.6. The predicted molar refractivity (Wildman–Crippen MR) is 225 cm³/mol. The lowest BCUT2D eigenvalue weighted by atomic mass is 10.2. The fourth-order valence-electron chi connectivity index (χ4n) is 5.14. The summed E-state index contributed by atoms with van der Waals surface area (Å²) in [6.45, 7) is 0.141. The first kappa shape index (κ1) is 46.2. The van der Waals surface area contributed by atoms with Crippen molar-refractivity contribution in [2.75, 3.05) is 5.73 Å². The highest BCUT2D eigenvalue weighted by Crippen LogP contribution is 2.21. The maximum Gasteiger partial charge on any atom is 0.264 e. The minimum atomic E-state index is -0.976. The number of halogens is 10.